The minimum atomic E-state index is -0.256. The molecule has 0 unspecified atom stereocenters. The monoisotopic (exact) mass is 332 g/mol. The van der Waals surface area contributed by atoms with Crippen LogP contribution in [0.3, 0.4) is 0 Å². The zero-order valence-corrected chi connectivity index (χ0v) is 13.7. The SMILES string of the molecule is CCc1nn(C)c(C(=O)NCc2sc(Cl)nc2C)c1Cl. The molecule has 20 heavy (non-hydrogen) atoms. The van der Waals surface area contributed by atoms with Crippen molar-refractivity contribution in [1.82, 2.24) is 20.1 Å². The third-order valence-corrected chi connectivity index (χ3v) is 4.54. The van der Waals surface area contributed by atoms with Gasteiger partial charge in [0.2, 0.25) is 0 Å². The Labute approximate surface area is 130 Å². The summed E-state index contributed by atoms with van der Waals surface area (Å²) < 4.78 is 1.97. The molecule has 0 aliphatic heterocycles. The molecule has 5 nitrogen and oxygen atoms in total. The number of hydrogen-bond acceptors (Lipinski definition) is 4. The predicted octanol–water partition coefficient (Wildman–Crippen LogP) is 2.98. The number of halogens is 2. The lowest BCUT2D eigenvalue weighted by molar-refractivity contribution is 0.0942. The third kappa shape index (κ3) is 2.97. The van der Waals surface area contributed by atoms with Crippen LogP contribution in [0.1, 0.15) is 33.7 Å². The number of hydrogen-bond donors (Lipinski definition) is 1. The van der Waals surface area contributed by atoms with Crippen LogP contribution in [0.15, 0.2) is 0 Å². The highest BCUT2D eigenvalue weighted by atomic mass is 35.5. The summed E-state index contributed by atoms with van der Waals surface area (Å²) >= 11 is 13.4. The van der Waals surface area contributed by atoms with Gasteiger partial charge in [-0.1, -0.05) is 30.1 Å². The molecule has 0 fully saturated rings. The molecule has 2 rings (SSSR count). The maximum absolute atomic E-state index is 12.2. The van der Waals surface area contributed by atoms with E-state index in [1.165, 1.54) is 16.0 Å². The standard InChI is InChI=1S/C12H14Cl2N4OS/c1-4-7-9(13)10(18(3)17-7)11(19)15-5-8-6(2)16-12(14)20-8/h4-5H2,1-3H3,(H,15,19). The molecule has 0 saturated carbocycles. The summed E-state index contributed by atoms with van der Waals surface area (Å²) in [7, 11) is 1.70. The van der Waals surface area contributed by atoms with Gasteiger partial charge >= 0.3 is 0 Å². The summed E-state index contributed by atoms with van der Waals surface area (Å²) in [5, 5.41) is 7.44. The van der Waals surface area contributed by atoms with Gasteiger partial charge in [-0.2, -0.15) is 5.10 Å². The lowest BCUT2D eigenvalue weighted by Crippen LogP contribution is -2.25. The van der Waals surface area contributed by atoms with Gasteiger partial charge in [0.1, 0.15) is 5.69 Å². The smallest absolute Gasteiger partial charge is 0.271 e. The van der Waals surface area contributed by atoms with Crippen LogP contribution in [-0.2, 0) is 20.0 Å². The highest BCUT2D eigenvalue weighted by molar-refractivity contribution is 7.15. The summed E-state index contributed by atoms with van der Waals surface area (Å²) in [6.07, 6.45) is 0.684. The Bertz CT molecular complexity index is 650. The van der Waals surface area contributed by atoms with E-state index < -0.39 is 0 Å². The van der Waals surface area contributed by atoms with Crippen molar-refractivity contribution in [3.8, 4) is 0 Å². The van der Waals surface area contributed by atoms with Gasteiger partial charge in [0.15, 0.2) is 4.47 Å². The minimum absolute atomic E-state index is 0.256. The van der Waals surface area contributed by atoms with Gasteiger partial charge in [-0.25, -0.2) is 4.98 Å². The Balaban J connectivity index is 2.13. The fourth-order valence-corrected chi connectivity index (χ4v) is 3.34. The molecule has 1 amide bonds. The van der Waals surface area contributed by atoms with Gasteiger partial charge in [0, 0.05) is 11.9 Å². The van der Waals surface area contributed by atoms with Crippen molar-refractivity contribution in [1.29, 1.82) is 0 Å². The van der Waals surface area contributed by atoms with Crippen molar-refractivity contribution in [3.63, 3.8) is 0 Å². The van der Waals surface area contributed by atoms with Crippen LogP contribution >= 0.6 is 34.5 Å². The Morgan fingerprint density at radius 2 is 2.15 bits per heavy atom. The second-order valence-electron chi connectivity index (χ2n) is 4.24. The summed E-state index contributed by atoms with van der Waals surface area (Å²) in [4.78, 5) is 17.2. The molecule has 1 N–H and O–H groups in total. The summed E-state index contributed by atoms with van der Waals surface area (Å²) in [5.74, 6) is -0.256. The number of nitrogens with one attached hydrogen (secondary N) is 1. The first-order chi connectivity index (χ1) is 9.43. The van der Waals surface area contributed by atoms with E-state index in [0.29, 0.717) is 28.1 Å². The largest absolute Gasteiger partial charge is 0.346 e. The number of rotatable bonds is 4. The quantitative estimate of drug-likeness (QED) is 0.936. The van der Waals surface area contributed by atoms with Crippen molar-refractivity contribution in [2.24, 2.45) is 7.05 Å². The third-order valence-electron chi connectivity index (χ3n) is 2.88. The van der Waals surface area contributed by atoms with Gasteiger partial charge in [0.05, 0.1) is 23.0 Å². The number of amides is 1. The first-order valence-electron chi connectivity index (χ1n) is 6.05. The number of aryl methyl sites for hydroxylation is 3. The van der Waals surface area contributed by atoms with E-state index in [0.717, 1.165) is 16.3 Å². The van der Waals surface area contributed by atoms with Gasteiger partial charge in [-0.3, -0.25) is 9.48 Å². The Kier molecular flexibility index (Phi) is 4.67. The van der Waals surface area contributed by atoms with Crippen LogP contribution in [0, 0.1) is 6.92 Å². The van der Waals surface area contributed by atoms with Crippen LogP contribution in [0.5, 0.6) is 0 Å². The fourth-order valence-electron chi connectivity index (χ4n) is 1.83. The highest BCUT2D eigenvalue weighted by Gasteiger charge is 2.20. The van der Waals surface area contributed by atoms with E-state index >= 15 is 0 Å². The van der Waals surface area contributed by atoms with Crippen LogP contribution < -0.4 is 5.32 Å². The molecule has 8 heteroatoms. The molecule has 0 radical (unpaired) electrons. The van der Waals surface area contributed by atoms with E-state index in [1.54, 1.807) is 7.05 Å². The summed E-state index contributed by atoms with van der Waals surface area (Å²) in [6.45, 7) is 4.17. The maximum atomic E-state index is 12.2. The molecule has 0 spiro atoms. The molecular weight excluding hydrogens is 319 g/mol. The van der Waals surface area contributed by atoms with Gasteiger partial charge in [-0.15, -0.1) is 11.3 Å². The Hall–Kier alpha value is -1.11. The van der Waals surface area contributed by atoms with Crippen molar-refractivity contribution in [3.05, 3.63) is 31.4 Å². The topological polar surface area (TPSA) is 59.8 Å². The number of aromatic nitrogens is 3. The summed E-state index contributed by atoms with van der Waals surface area (Å²) in [5.41, 5.74) is 1.92. The fraction of sp³-hybridized carbons (Fsp3) is 0.417. The Morgan fingerprint density at radius 1 is 1.45 bits per heavy atom. The van der Waals surface area contributed by atoms with Gasteiger partial charge < -0.3 is 5.32 Å². The number of thiazole rings is 1. The van der Waals surface area contributed by atoms with Crippen molar-refractivity contribution in [2.45, 2.75) is 26.8 Å². The van der Waals surface area contributed by atoms with E-state index in [-0.39, 0.29) is 5.91 Å². The van der Waals surface area contributed by atoms with Crippen LogP contribution in [0.2, 0.25) is 9.49 Å². The zero-order valence-electron chi connectivity index (χ0n) is 11.3. The average Bonchev–Trinajstić information content (AvgIpc) is 2.86. The molecule has 2 aromatic heterocycles. The predicted molar refractivity (Wildman–Crippen MR) is 80.6 cm³/mol. The van der Waals surface area contributed by atoms with Gasteiger partial charge in [-0.05, 0) is 13.3 Å². The molecule has 108 valence electrons. The Morgan fingerprint density at radius 3 is 2.65 bits per heavy atom. The number of carbonyl (C=O) groups excluding carboxylic acids is 1. The molecule has 0 saturated heterocycles. The molecule has 0 aliphatic rings. The van der Waals surface area contributed by atoms with E-state index in [4.69, 9.17) is 23.2 Å². The molecule has 0 aromatic carbocycles. The normalized spacial score (nSPS) is 10.8. The summed E-state index contributed by atoms with van der Waals surface area (Å²) in [6, 6.07) is 0. The van der Waals surface area contributed by atoms with Crippen LogP contribution in [0.25, 0.3) is 0 Å². The maximum Gasteiger partial charge on any atom is 0.271 e. The molecule has 2 aromatic rings. The average molecular weight is 333 g/mol. The lowest BCUT2D eigenvalue weighted by Gasteiger charge is -2.05. The first kappa shape index (κ1) is 15.3. The van der Waals surface area contributed by atoms with E-state index in [1.807, 2.05) is 13.8 Å². The molecule has 2 heterocycles. The van der Waals surface area contributed by atoms with Crippen molar-refractivity contribution in [2.75, 3.05) is 0 Å². The van der Waals surface area contributed by atoms with Crippen LogP contribution in [0.4, 0.5) is 0 Å². The van der Waals surface area contributed by atoms with Crippen LogP contribution in [-0.4, -0.2) is 20.7 Å². The highest BCUT2D eigenvalue weighted by Crippen LogP contribution is 2.23. The zero-order chi connectivity index (χ0) is 14.9. The van der Waals surface area contributed by atoms with E-state index in [9.17, 15) is 4.79 Å². The second kappa shape index (κ2) is 6.11. The molecule has 0 bridgehead atoms. The van der Waals surface area contributed by atoms with Gasteiger partial charge in [0.25, 0.3) is 5.91 Å². The molecule has 0 atom stereocenters. The number of carbonyl (C=O) groups is 1. The molecule has 0 aliphatic carbocycles. The van der Waals surface area contributed by atoms with Crippen molar-refractivity contribution < 1.29 is 4.79 Å². The molecular formula is C12H14Cl2N4OS. The lowest BCUT2D eigenvalue weighted by atomic mass is 10.3. The first-order valence-corrected chi connectivity index (χ1v) is 7.62. The van der Waals surface area contributed by atoms with E-state index in [2.05, 4.69) is 15.4 Å². The number of nitrogens with zero attached hydrogens (tertiary/aromatic N) is 3. The van der Waals surface area contributed by atoms with Crippen molar-refractivity contribution >= 4 is 40.4 Å². The second-order valence-corrected chi connectivity index (χ2v) is 6.29. The minimum Gasteiger partial charge on any atom is -0.346 e.